The highest BCUT2D eigenvalue weighted by atomic mass is 32.2. The Morgan fingerprint density at radius 2 is 1.67 bits per heavy atom. The van der Waals surface area contributed by atoms with Gasteiger partial charge >= 0.3 is 6.18 Å². The van der Waals surface area contributed by atoms with Crippen LogP contribution in [0, 0.1) is 0 Å². The first-order valence-corrected chi connectivity index (χ1v) is 7.58. The molecule has 0 aromatic heterocycles. The van der Waals surface area contributed by atoms with Crippen molar-refractivity contribution in [3.63, 3.8) is 0 Å². The fourth-order valence-electron chi connectivity index (χ4n) is 1.96. The number of piperazine rings is 1. The van der Waals surface area contributed by atoms with E-state index < -0.39 is 22.2 Å². The summed E-state index contributed by atoms with van der Waals surface area (Å²) in [6.07, 6.45) is -3.74. The monoisotopic (exact) mass is 288 g/mol. The van der Waals surface area contributed by atoms with Crippen molar-refractivity contribution in [3.8, 4) is 0 Å². The second-order valence-electron chi connectivity index (χ2n) is 4.47. The Kier molecular flexibility index (Phi) is 5.02. The highest BCUT2D eigenvalue weighted by Crippen LogP contribution is 2.25. The second kappa shape index (κ2) is 5.75. The van der Waals surface area contributed by atoms with Crippen molar-refractivity contribution in [2.45, 2.75) is 32.5 Å². The molecule has 1 aliphatic heterocycles. The number of nitrogens with zero attached hydrogens (tertiary/aromatic N) is 2. The number of halogens is 3. The van der Waals surface area contributed by atoms with E-state index in [0.29, 0.717) is 6.42 Å². The lowest BCUT2D eigenvalue weighted by atomic mass is 10.2. The van der Waals surface area contributed by atoms with Crippen LogP contribution in [0.15, 0.2) is 0 Å². The maximum atomic E-state index is 12.5. The van der Waals surface area contributed by atoms with Crippen molar-refractivity contribution in [1.82, 2.24) is 9.21 Å². The number of hydrogen-bond acceptors (Lipinski definition) is 3. The van der Waals surface area contributed by atoms with Crippen LogP contribution in [-0.4, -0.2) is 61.8 Å². The Hall–Kier alpha value is -0.340. The van der Waals surface area contributed by atoms with E-state index in [9.17, 15) is 21.6 Å². The number of rotatable bonds is 4. The van der Waals surface area contributed by atoms with Crippen molar-refractivity contribution < 1.29 is 21.6 Å². The fourth-order valence-corrected chi connectivity index (χ4v) is 3.46. The van der Waals surface area contributed by atoms with Crippen LogP contribution in [0.5, 0.6) is 0 Å². The predicted molar refractivity (Wildman–Crippen MR) is 62.7 cm³/mol. The van der Waals surface area contributed by atoms with Crippen LogP contribution in [0.2, 0.25) is 0 Å². The van der Waals surface area contributed by atoms with Gasteiger partial charge in [-0.25, -0.2) is 8.42 Å². The zero-order valence-electron chi connectivity index (χ0n) is 10.6. The first-order valence-electron chi connectivity index (χ1n) is 5.97. The first-order chi connectivity index (χ1) is 8.18. The minimum atomic E-state index is -4.26. The van der Waals surface area contributed by atoms with E-state index in [0.717, 1.165) is 6.92 Å². The van der Waals surface area contributed by atoms with Crippen LogP contribution in [0.1, 0.15) is 20.3 Å². The Morgan fingerprint density at radius 3 is 2.06 bits per heavy atom. The van der Waals surface area contributed by atoms with Crippen molar-refractivity contribution >= 4 is 10.0 Å². The molecule has 0 aromatic carbocycles. The number of hydrogen-bond donors (Lipinski definition) is 0. The van der Waals surface area contributed by atoms with E-state index in [1.165, 1.54) is 9.21 Å². The molecule has 108 valence electrons. The zero-order valence-corrected chi connectivity index (χ0v) is 11.4. The Bertz CT molecular complexity index is 362. The molecule has 0 radical (unpaired) electrons. The zero-order chi connectivity index (χ0) is 14.0. The minimum absolute atomic E-state index is 0.0574. The van der Waals surface area contributed by atoms with Crippen molar-refractivity contribution in [2.24, 2.45) is 0 Å². The molecule has 0 saturated carbocycles. The Morgan fingerprint density at radius 1 is 1.17 bits per heavy atom. The van der Waals surface area contributed by atoms with Gasteiger partial charge in [-0.1, -0.05) is 6.92 Å². The lowest BCUT2D eigenvalue weighted by Crippen LogP contribution is -2.55. The molecule has 1 aliphatic rings. The summed E-state index contributed by atoms with van der Waals surface area (Å²) in [5.41, 5.74) is 0. The van der Waals surface area contributed by atoms with Gasteiger partial charge in [0.15, 0.2) is 0 Å². The molecular formula is C10H19F3N2O2S. The van der Waals surface area contributed by atoms with Crippen molar-refractivity contribution in [1.29, 1.82) is 0 Å². The summed E-state index contributed by atoms with van der Waals surface area (Å²) < 4.78 is 62.3. The van der Waals surface area contributed by atoms with Gasteiger partial charge in [-0.05, 0) is 13.3 Å². The van der Waals surface area contributed by atoms with Crippen LogP contribution in [-0.2, 0) is 10.0 Å². The SMILES string of the molecule is CCCS(=O)(=O)N1CCN(C(C)C(F)(F)F)CC1. The third-order valence-corrected chi connectivity index (χ3v) is 5.23. The van der Waals surface area contributed by atoms with E-state index >= 15 is 0 Å². The van der Waals surface area contributed by atoms with Gasteiger partial charge in [-0.3, -0.25) is 4.90 Å². The molecule has 0 aromatic rings. The Labute approximate surface area is 106 Å². The van der Waals surface area contributed by atoms with Crippen LogP contribution < -0.4 is 0 Å². The van der Waals surface area contributed by atoms with Gasteiger partial charge in [0.05, 0.1) is 5.75 Å². The largest absolute Gasteiger partial charge is 0.403 e. The summed E-state index contributed by atoms with van der Waals surface area (Å²) in [5.74, 6) is 0.0574. The van der Waals surface area contributed by atoms with Gasteiger partial charge in [-0.15, -0.1) is 0 Å². The fraction of sp³-hybridized carbons (Fsp3) is 1.00. The van der Waals surface area contributed by atoms with E-state index in [2.05, 4.69) is 0 Å². The highest BCUT2D eigenvalue weighted by Gasteiger charge is 2.41. The maximum Gasteiger partial charge on any atom is 0.403 e. The molecule has 4 nitrogen and oxygen atoms in total. The number of alkyl halides is 3. The predicted octanol–water partition coefficient (Wildman–Crippen LogP) is 1.29. The van der Waals surface area contributed by atoms with Gasteiger partial charge in [0, 0.05) is 26.2 Å². The third kappa shape index (κ3) is 3.83. The normalized spacial score (nSPS) is 22.1. The molecule has 8 heteroatoms. The number of sulfonamides is 1. The highest BCUT2D eigenvalue weighted by molar-refractivity contribution is 7.89. The van der Waals surface area contributed by atoms with Gasteiger partial charge in [-0.2, -0.15) is 17.5 Å². The summed E-state index contributed by atoms with van der Waals surface area (Å²) in [7, 11) is -3.29. The van der Waals surface area contributed by atoms with Crippen LogP contribution in [0.25, 0.3) is 0 Å². The molecule has 0 spiro atoms. The summed E-state index contributed by atoms with van der Waals surface area (Å²) in [5, 5.41) is 0. The van der Waals surface area contributed by atoms with Gasteiger partial charge < -0.3 is 0 Å². The van der Waals surface area contributed by atoms with Crippen molar-refractivity contribution in [3.05, 3.63) is 0 Å². The summed E-state index contributed by atoms with van der Waals surface area (Å²) in [4.78, 5) is 1.28. The molecule has 1 saturated heterocycles. The summed E-state index contributed by atoms with van der Waals surface area (Å²) >= 11 is 0. The molecule has 0 bridgehead atoms. The molecule has 0 amide bonds. The standard InChI is InChI=1S/C10H19F3N2O2S/c1-3-8-18(16,17)15-6-4-14(5-7-15)9(2)10(11,12)13/h9H,3-8H2,1-2H3. The molecule has 1 fully saturated rings. The van der Waals surface area contributed by atoms with Crippen LogP contribution in [0.4, 0.5) is 13.2 Å². The molecule has 0 N–H and O–H groups in total. The molecule has 1 atom stereocenters. The van der Waals surface area contributed by atoms with Gasteiger partial charge in [0.2, 0.25) is 10.0 Å². The summed E-state index contributed by atoms with van der Waals surface area (Å²) in [6.45, 7) is 3.41. The second-order valence-corrected chi connectivity index (χ2v) is 6.56. The minimum Gasteiger partial charge on any atom is -0.290 e. The average molecular weight is 288 g/mol. The average Bonchev–Trinajstić information content (AvgIpc) is 2.27. The third-order valence-electron chi connectivity index (χ3n) is 3.15. The topological polar surface area (TPSA) is 40.6 Å². The van der Waals surface area contributed by atoms with E-state index in [1.807, 2.05) is 0 Å². The van der Waals surface area contributed by atoms with E-state index in [1.54, 1.807) is 6.92 Å². The first kappa shape index (κ1) is 15.7. The molecule has 18 heavy (non-hydrogen) atoms. The smallest absolute Gasteiger partial charge is 0.290 e. The van der Waals surface area contributed by atoms with Crippen LogP contribution in [0.3, 0.4) is 0 Å². The Balaban J connectivity index is 2.57. The molecular weight excluding hydrogens is 269 g/mol. The van der Waals surface area contributed by atoms with E-state index in [4.69, 9.17) is 0 Å². The molecule has 1 unspecified atom stereocenters. The molecule has 1 heterocycles. The maximum absolute atomic E-state index is 12.5. The lowest BCUT2D eigenvalue weighted by molar-refractivity contribution is -0.181. The van der Waals surface area contributed by atoms with Crippen LogP contribution >= 0.6 is 0 Å². The molecule has 0 aliphatic carbocycles. The van der Waals surface area contributed by atoms with E-state index in [-0.39, 0.29) is 31.9 Å². The van der Waals surface area contributed by atoms with Gasteiger partial charge in [0.1, 0.15) is 6.04 Å². The molecule has 1 rings (SSSR count). The van der Waals surface area contributed by atoms with Gasteiger partial charge in [0.25, 0.3) is 0 Å². The lowest BCUT2D eigenvalue weighted by Gasteiger charge is -2.37. The quantitative estimate of drug-likeness (QED) is 0.783. The van der Waals surface area contributed by atoms with Crippen molar-refractivity contribution in [2.75, 3.05) is 31.9 Å². The summed E-state index contributed by atoms with van der Waals surface area (Å²) in [6, 6.07) is -1.52.